The molecule has 0 aromatic carbocycles. The summed E-state index contributed by atoms with van der Waals surface area (Å²) in [6.07, 6.45) is 18.9. The van der Waals surface area contributed by atoms with Crippen LogP contribution in [0.25, 0.3) is 0 Å². The van der Waals surface area contributed by atoms with Gasteiger partial charge in [-0.05, 0) is 43.6 Å². The minimum Gasteiger partial charge on any atom is -0.261 e. The molecule has 0 aliphatic heterocycles. The van der Waals surface area contributed by atoms with Crippen molar-refractivity contribution >= 4 is 5.71 Å². The zero-order chi connectivity index (χ0) is 16.1. The van der Waals surface area contributed by atoms with E-state index in [0.717, 1.165) is 22.4 Å². The van der Waals surface area contributed by atoms with Gasteiger partial charge < -0.3 is 0 Å². The normalized spacial score (nSPS) is 14.3. The Labute approximate surface area is 129 Å². The molecule has 0 amide bonds. The van der Waals surface area contributed by atoms with Crippen LogP contribution in [0.2, 0.25) is 0 Å². The molecule has 0 atom stereocenters. The Kier molecular flexibility index (Phi) is 10.1. The summed E-state index contributed by atoms with van der Waals surface area (Å²) < 4.78 is 0. The van der Waals surface area contributed by atoms with E-state index < -0.39 is 0 Å². The van der Waals surface area contributed by atoms with E-state index in [1.165, 1.54) is 0 Å². The second-order valence-electron chi connectivity index (χ2n) is 4.25. The van der Waals surface area contributed by atoms with Crippen LogP contribution in [0, 0.1) is 0 Å². The summed E-state index contributed by atoms with van der Waals surface area (Å²) in [5, 5.41) is 0. The van der Waals surface area contributed by atoms with Crippen LogP contribution < -0.4 is 0 Å². The van der Waals surface area contributed by atoms with Crippen molar-refractivity contribution in [3.63, 3.8) is 0 Å². The maximum atomic E-state index is 4.44. The summed E-state index contributed by atoms with van der Waals surface area (Å²) in [7, 11) is 0. The predicted octanol–water partition coefficient (Wildman–Crippen LogP) is 5.89. The van der Waals surface area contributed by atoms with Gasteiger partial charge in [-0.15, -0.1) is 0 Å². The van der Waals surface area contributed by atoms with Gasteiger partial charge in [-0.2, -0.15) is 0 Å². The molecule has 1 nitrogen and oxygen atoms in total. The third kappa shape index (κ3) is 7.68. The molecule has 0 N–H and O–H groups in total. The van der Waals surface area contributed by atoms with Crippen LogP contribution in [0.4, 0.5) is 0 Å². The Bertz CT molecular complexity index is 546. The van der Waals surface area contributed by atoms with E-state index in [9.17, 15) is 0 Å². The van der Waals surface area contributed by atoms with Crippen molar-refractivity contribution < 1.29 is 0 Å². The highest BCUT2D eigenvalue weighted by Crippen LogP contribution is 2.11. The van der Waals surface area contributed by atoms with Crippen molar-refractivity contribution in [3.05, 3.63) is 97.3 Å². The van der Waals surface area contributed by atoms with E-state index in [4.69, 9.17) is 0 Å². The quantitative estimate of drug-likeness (QED) is 0.388. The number of hydrogen-bond donors (Lipinski definition) is 0. The molecule has 0 bridgehead atoms. The van der Waals surface area contributed by atoms with E-state index in [1.54, 1.807) is 18.4 Å². The van der Waals surface area contributed by atoms with Gasteiger partial charge in [-0.1, -0.05) is 68.3 Å². The van der Waals surface area contributed by atoms with E-state index in [2.05, 4.69) is 24.7 Å². The van der Waals surface area contributed by atoms with Gasteiger partial charge in [-0.3, -0.25) is 4.99 Å². The van der Waals surface area contributed by atoms with Gasteiger partial charge in [-0.25, -0.2) is 0 Å². The third-order valence-corrected chi connectivity index (χ3v) is 2.70. The molecule has 0 saturated heterocycles. The summed E-state index contributed by atoms with van der Waals surface area (Å²) in [6, 6.07) is 0. The number of nitrogens with zero attached hydrogens (tertiary/aromatic N) is 1. The van der Waals surface area contributed by atoms with Crippen molar-refractivity contribution in [3.8, 4) is 0 Å². The van der Waals surface area contributed by atoms with E-state index >= 15 is 0 Å². The third-order valence-electron chi connectivity index (χ3n) is 2.70. The van der Waals surface area contributed by atoms with E-state index in [-0.39, 0.29) is 0 Å². The molecular weight excluding hydrogens is 254 g/mol. The first-order valence-corrected chi connectivity index (χ1v) is 6.92. The van der Waals surface area contributed by atoms with Crippen LogP contribution in [0.3, 0.4) is 0 Å². The fourth-order valence-electron chi connectivity index (χ4n) is 1.58. The van der Waals surface area contributed by atoms with Gasteiger partial charge >= 0.3 is 0 Å². The highest BCUT2D eigenvalue weighted by molar-refractivity contribution is 6.01. The lowest BCUT2D eigenvalue weighted by Gasteiger charge is -2.01. The average molecular weight is 279 g/mol. The minimum atomic E-state index is 0.896. The molecule has 0 aliphatic carbocycles. The van der Waals surface area contributed by atoms with Crippen LogP contribution in [-0.2, 0) is 0 Å². The Balaban J connectivity index is 5.04. The van der Waals surface area contributed by atoms with Gasteiger partial charge in [0.15, 0.2) is 0 Å². The van der Waals surface area contributed by atoms with Crippen LogP contribution in [0.5, 0.6) is 0 Å². The molecule has 0 fully saturated rings. The van der Waals surface area contributed by atoms with Crippen LogP contribution in [-0.4, -0.2) is 5.71 Å². The van der Waals surface area contributed by atoms with Crippen LogP contribution >= 0.6 is 0 Å². The van der Waals surface area contributed by atoms with Gasteiger partial charge in [0.1, 0.15) is 0 Å². The number of allylic oxidation sites excluding steroid dienone is 12. The Morgan fingerprint density at radius 1 is 0.952 bits per heavy atom. The molecule has 0 rings (SSSR count). The molecule has 0 saturated carbocycles. The lowest BCUT2D eigenvalue weighted by Crippen LogP contribution is -1.93. The molecule has 0 heterocycles. The summed E-state index contributed by atoms with van der Waals surface area (Å²) in [5.74, 6) is 0. The highest BCUT2D eigenvalue weighted by atomic mass is 14.7. The van der Waals surface area contributed by atoms with Gasteiger partial charge in [0.05, 0.1) is 0 Å². The fraction of sp³-hybridized carbons (Fsp3) is 0.150. The van der Waals surface area contributed by atoms with Gasteiger partial charge in [0.25, 0.3) is 0 Å². The fourth-order valence-corrected chi connectivity index (χ4v) is 1.58. The largest absolute Gasteiger partial charge is 0.261 e. The molecular formula is C20H25N. The van der Waals surface area contributed by atoms with Crippen molar-refractivity contribution in [2.24, 2.45) is 4.99 Å². The van der Waals surface area contributed by atoms with Gasteiger partial charge in [0.2, 0.25) is 0 Å². The summed E-state index contributed by atoms with van der Waals surface area (Å²) in [5.41, 5.74) is 3.93. The van der Waals surface area contributed by atoms with E-state index in [0.29, 0.717) is 0 Å². The molecule has 110 valence electrons. The number of hydrogen-bond acceptors (Lipinski definition) is 1. The standard InChI is InChI=1S/C20H25N/c1-7-11-14-19(10-4)18(6)21-16-15-17(5)20(12-8-2)13-9-3/h7-16H,1-2,5H2,3-4,6H3/b13-9-,14-11-,16-15-,19-10+,20-12+,21-18-. The molecule has 0 radical (unpaired) electrons. The lowest BCUT2D eigenvalue weighted by atomic mass is 10.1. The summed E-state index contributed by atoms with van der Waals surface area (Å²) in [4.78, 5) is 4.44. The van der Waals surface area contributed by atoms with E-state index in [1.807, 2.05) is 63.3 Å². The molecule has 0 aromatic heterocycles. The van der Waals surface area contributed by atoms with Crippen molar-refractivity contribution in [1.82, 2.24) is 0 Å². The Morgan fingerprint density at radius 3 is 2.19 bits per heavy atom. The molecule has 0 aliphatic rings. The van der Waals surface area contributed by atoms with Crippen molar-refractivity contribution in [2.45, 2.75) is 20.8 Å². The first-order chi connectivity index (χ1) is 10.1. The molecule has 21 heavy (non-hydrogen) atoms. The Morgan fingerprint density at radius 2 is 1.67 bits per heavy atom. The monoisotopic (exact) mass is 279 g/mol. The molecule has 0 aromatic rings. The number of aliphatic imine (C=N–C) groups is 1. The predicted molar refractivity (Wildman–Crippen MR) is 97.6 cm³/mol. The van der Waals surface area contributed by atoms with Crippen LogP contribution in [0.1, 0.15) is 20.8 Å². The smallest absolute Gasteiger partial charge is 0.0441 e. The molecule has 1 heteroatoms. The van der Waals surface area contributed by atoms with Crippen LogP contribution in [0.15, 0.2) is 102 Å². The zero-order valence-electron chi connectivity index (χ0n) is 13.3. The maximum Gasteiger partial charge on any atom is 0.0441 e. The second-order valence-corrected chi connectivity index (χ2v) is 4.25. The first-order valence-electron chi connectivity index (χ1n) is 6.92. The maximum absolute atomic E-state index is 4.44. The minimum absolute atomic E-state index is 0.896. The summed E-state index contributed by atoms with van der Waals surface area (Å²) >= 11 is 0. The first kappa shape index (κ1) is 18.6. The summed E-state index contributed by atoms with van der Waals surface area (Å²) in [6.45, 7) is 17.3. The van der Waals surface area contributed by atoms with Gasteiger partial charge in [0, 0.05) is 11.9 Å². The average Bonchev–Trinajstić information content (AvgIpc) is 2.47. The number of rotatable bonds is 8. The van der Waals surface area contributed by atoms with Crippen molar-refractivity contribution in [1.29, 1.82) is 0 Å². The lowest BCUT2D eigenvalue weighted by molar-refractivity contribution is 1.46. The van der Waals surface area contributed by atoms with Crippen molar-refractivity contribution in [2.75, 3.05) is 0 Å². The zero-order valence-corrected chi connectivity index (χ0v) is 13.3. The SMILES string of the molecule is C=C\C=C/C(=C\C)C(/C)=N\C=C/C(=C)C(/C=C\C)=C/C=C. The highest BCUT2D eigenvalue weighted by Gasteiger charge is 1.95. The Hall–Kier alpha value is -2.41. The topological polar surface area (TPSA) is 12.4 Å². The molecule has 0 unspecified atom stereocenters. The molecule has 0 spiro atoms. The second kappa shape index (κ2) is 11.4.